The zero-order valence-corrected chi connectivity index (χ0v) is 11.5. The number of benzene rings is 2. The number of para-hydroxylation sites is 1. The molecule has 0 atom stereocenters. The highest BCUT2D eigenvalue weighted by molar-refractivity contribution is 7.15. The van der Waals surface area contributed by atoms with Gasteiger partial charge in [0.1, 0.15) is 17.3 Å². The second-order valence-electron chi connectivity index (χ2n) is 4.65. The lowest BCUT2D eigenvalue weighted by atomic mass is 10.1. The van der Waals surface area contributed by atoms with Gasteiger partial charge >= 0.3 is 0 Å². The summed E-state index contributed by atoms with van der Waals surface area (Å²) in [7, 11) is 0. The lowest BCUT2D eigenvalue weighted by molar-refractivity contribution is 0.485. The van der Waals surface area contributed by atoms with Crippen LogP contribution in [0.4, 0.5) is 4.39 Å². The number of fused-ring (bicyclic) bond motifs is 5. The van der Waals surface area contributed by atoms with Crippen molar-refractivity contribution in [1.82, 2.24) is 4.98 Å². The molecule has 1 aliphatic rings. The Balaban J connectivity index is 2.11. The Bertz CT molecular complexity index is 825. The first-order valence-electron chi connectivity index (χ1n) is 6.27. The lowest BCUT2D eigenvalue weighted by Crippen LogP contribution is -1.88. The molecule has 4 heteroatoms. The number of thiazole rings is 1. The number of hydrogen-bond donors (Lipinski definition) is 0. The van der Waals surface area contributed by atoms with Crippen LogP contribution in [0, 0.1) is 12.7 Å². The van der Waals surface area contributed by atoms with Gasteiger partial charge in [0.05, 0.1) is 15.6 Å². The average Bonchev–Trinajstić information content (AvgIpc) is 2.78. The average molecular weight is 283 g/mol. The van der Waals surface area contributed by atoms with Crippen molar-refractivity contribution in [2.45, 2.75) is 6.92 Å². The molecule has 98 valence electrons. The van der Waals surface area contributed by atoms with E-state index in [9.17, 15) is 4.39 Å². The van der Waals surface area contributed by atoms with E-state index in [1.54, 1.807) is 17.4 Å². The molecule has 2 heterocycles. The molecule has 0 saturated carbocycles. The van der Waals surface area contributed by atoms with Crippen molar-refractivity contribution >= 4 is 11.3 Å². The number of aromatic nitrogens is 1. The Morgan fingerprint density at radius 1 is 1.05 bits per heavy atom. The first-order chi connectivity index (χ1) is 9.72. The van der Waals surface area contributed by atoms with Gasteiger partial charge in [-0.1, -0.05) is 12.1 Å². The van der Waals surface area contributed by atoms with Gasteiger partial charge in [-0.05, 0) is 37.3 Å². The Morgan fingerprint density at radius 3 is 2.75 bits per heavy atom. The Kier molecular flexibility index (Phi) is 2.41. The predicted molar refractivity (Wildman–Crippen MR) is 77.8 cm³/mol. The Labute approximate surface area is 119 Å². The number of aryl methyl sites for hydroxylation is 1. The maximum atomic E-state index is 13.6. The van der Waals surface area contributed by atoms with E-state index in [0.29, 0.717) is 11.3 Å². The highest BCUT2D eigenvalue weighted by Crippen LogP contribution is 2.48. The second-order valence-corrected chi connectivity index (χ2v) is 5.85. The van der Waals surface area contributed by atoms with Crippen molar-refractivity contribution in [3.63, 3.8) is 0 Å². The van der Waals surface area contributed by atoms with Gasteiger partial charge in [0.25, 0.3) is 0 Å². The standard InChI is InChI=1S/C16H10FNOS/c1-9-18-15-12-8-10(17)6-7-14(12)19-13-5-3-2-4-11(13)16(15)20-9/h2-8H,1H3. The van der Waals surface area contributed by atoms with E-state index in [4.69, 9.17) is 4.74 Å². The van der Waals surface area contributed by atoms with Crippen molar-refractivity contribution in [1.29, 1.82) is 0 Å². The van der Waals surface area contributed by atoms with Crippen LogP contribution in [0.2, 0.25) is 0 Å². The van der Waals surface area contributed by atoms with Crippen molar-refractivity contribution in [3.05, 3.63) is 53.3 Å². The first kappa shape index (κ1) is 11.6. The molecular weight excluding hydrogens is 273 g/mol. The molecule has 1 aliphatic heterocycles. The van der Waals surface area contributed by atoms with Crippen LogP contribution in [0.15, 0.2) is 42.5 Å². The predicted octanol–water partition coefficient (Wildman–Crippen LogP) is 5.03. The van der Waals surface area contributed by atoms with Gasteiger partial charge in [-0.25, -0.2) is 9.37 Å². The molecule has 0 fully saturated rings. The molecule has 20 heavy (non-hydrogen) atoms. The van der Waals surface area contributed by atoms with Crippen LogP contribution >= 0.6 is 11.3 Å². The highest BCUT2D eigenvalue weighted by atomic mass is 32.1. The van der Waals surface area contributed by atoms with Gasteiger partial charge in [-0.3, -0.25) is 0 Å². The molecule has 0 aliphatic carbocycles. The SMILES string of the molecule is Cc1nc2c(s1)-c1ccccc1Oc1ccc(F)cc1-2. The van der Waals surface area contributed by atoms with Gasteiger partial charge in [0.2, 0.25) is 0 Å². The summed E-state index contributed by atoms with van der Waals surface area (Å²) in [4.78, 5) is 5.59. The summed E-state index contributed by atoms with van der Waals surface area (Å²) < 4.78 is 19.5. The van der Waals surface area contributed by atoms with E-state index in [-0.39, 0.29) is 5.82 Å². The van der Waals surface area contributed by atoms with Gasteiger partial charge in [-0.2, -0.15) is 0 Å². The highest BCUT2D eigenvalue weighted by Gasteiger charge is 2.24. The van der Waals surface area contributed by atoms with Crippen molar-refractivity contribution < 1.29 is 9.13 Å². The summed E-state index contributed by atoms with van der Waals surface area (Å²) >= 11 is 1.60. The van der Waals surface area contributed by atoms with Crippen LogP contribution < -0.4 is 4.74 Å². The summed E-state index contributed by atoms with van der Waals surface area (Å²) in [6.07, 6.45) is 0. The topological polar surface area (TPSA) is 22.1 Å². The molecular formula is C16H10FNOS. The number of ether oxygens (including phenoxy) is 1. The molecule has 2 nitrogen and oxygen atoms in total. The van der Waals surface area contributed by atoms with E-state index >= 15 is 0 Å². The number of hydrogen-bond acceptors (Lipinski definition) is 3. The van der Waals surface area contributed by atoms with Crippen LogP contribution in [-0.2, 0) is 0 Å². The zero-order valence-electron chi connectivity index (χ0n) is 10.7. The van der Waals surface area contributed by atoms with E-state index in [2.05, 4.69) is 4.98 Å². The Hall–Kier alpha value is -2.20. The Morgan fingerprint density at radius 2 is 1.85 bits per heavy atom. The van der Waals surface area contributed by atoms with E-state index in [1.807, 2.05) is 31.2 Å². The van der Waals surface area contributed by atoms with Crippen LogP contribution in [0.25, 0.3) is 21.7 Å². The van der Waals surface area contributed by atoms with E-state index < -0.39 is 0 Å². The largest absolute Gasteiger partial charge is 0.456 e. The molecule has 0 saturated heterocycles. The minimum Gasteiger partial charge on any atom is -0.456 e. The smallest absolute Gasteiger partial charge is 0.137 e. The van der Waals surface area contributed by atoms with Crippen LogP contribution in [-0.4, -0.2) is 4.98 Å². The summed E-state index contributed by atoms with van der Waals surface area (Å²) in [5.41, 5.74) is 2.51. The van der Waals surface area contributed by atoms with Gasteiger partial charge in [0, 0.05) is 11.1 Å². The van der Waals surface area contributed by atoms with Crippen molar-refractivity contribution in [2.75, 3.05) is 0 Å². The maximum Gasteiger partial charge on any atom is 0.137 e. The van der Waals surface area contributed by atoms with Crippen LogP contribution in [0.3, 0.4) is 0 Å². The van der Waals surface area contributed by atoms with Crippen LogP contribution in [0.1, 0.15) is 5.01 Å². The second kappa shape index (κ2) is 4.15. The minimum absolute atomic E-state index is 0.282. The molecule has 0 radical (unpaired) electrons. The van der Waals surface area contributed by atoms with Gasteiger partial charge in [0.15, 0.2) is 0 Å². The van der Waals surface area contributed by atoms with Crippen LogP contribution in [0.5, 0.6) is 11.5 Å². The summed E-state index contributed by atoms with van der Waals surface area (Å²) in [5.74, 6) is 1.14. The maximum absolute atomic E-state index is 13.6. The molecule has 0 amide bonds. The molecule has 1 aromatic heterocycles. The minimum atomic E-state index is -0.282. The fourth-order valence-electron chi connectivity index (χ4n) is 2.43. The van der Waals surface area contributed by atoms with Crippen molar-refractivity contribution in [3.8, 4) is 33.2 Å². The normalized spacial score (nSPS) is 11.9. The third-order valence-corrected chi connectivity index (χ3v) is 4.29. The molecule has 0 N–H and O–H groups in total. The molecule has 0 spiro atoms. The molecule has 4 rings (SSSR count). The third-order valence-electron chi connectivity index (χ3n) is 3.28. The quantitative estimate of drug-likeness (QED) is 0.451. The monoisotopic (exact) mass is 283 g/mol. The third kappa shape index (κ3) is 1.65. The summed E-state index contributed by atoms with van der Waals surface area (Å²) in [6, 6.07) is 12.4. The van der Waals surface area contributed by atoms with E-state index in [1.165, 1.54) is 12.1 Å². The summed E-state index contributed by atoms with van der Waals surface area (Å²) in [6.45, 7) is 1.96. The molecule has 2 aromatic carbocycles. The summed E-state index contributed by atoms with van der Waals surface area (Å²) in [5, 5.41) is 0.960. The fraction of sp³-hybridized carbons (Fsp3) is 0.0625. The zero-order chi connectivity index (χ0) is 13.7. The van der Waals surface area contributed by atoms with Gasteiger partial charge in [-0.15, -0.1) is 11.3 Å². The molecule has 0 unspecified atom stereocenters. The number of nitrogens with zero attached hydrogens (tertiary/aromatic N) is 1. The lowest BCUT2D eigenvalue weighted by Gasteiger charge is -2.08. The molecule has 3 aromatic rings. The number of halogens is 1. The number of rotatable bonds is 0. The first-order valence-corrected chi connectivity index (χ1v) is 7.08. The molecule has 0 bridgehead atoms. The fourth-order valence-corrected chi connectivity index (χ4v) is 3.39. The van der Waals surface area contributed by atoms with Crippen molar-refractivity contribution in [2.24, 2.45) is 0 Å². The van der Waals surface area contributed by atoms with Gasteiger partial charge < -0.3 is 4.74 Å². The van der Waals surface area contributed by atoms with E-state index in [0.717, 1.165) is 26.9 Å².